The number of rotatable bonds is 6. The number of hydrogen-bond acceptors (Lipinski definition) is 4. The van der Waals surface area contributed by atoms with Crippen molar-refractivity contribution in [3.63, 3.8) is 0 Å². The summed E-state index contributed by atoms with van der Waals surface area (Å²) in [5.41, 5.74) is 0.494. The molecule has 1 aromatic carbocycles. The molecule has 0 aromatic heterocycles. The van der Waals surface area contributed by atoms with Gasteiger partial charge in [0.1, 0.15) is 0 Å². The Labute approximate surface area is 111 Å². The van der Waals surface area contributed by atoms with Crippen LogP contribution in [-0.4, -0.2) is 32.5 Å². The van der Waals surface area contributed by atoms with E-state index in [9.17, 15) is 9.59 Å². The van der Waals surface area contributed by atoms with Crippen molar-refractivity contribution in [3.05, 3.63) is 23.8 Å². The monoisotopic (exact) mass is 263 g/mol. The Morgan fingerprint density at radius 3 is 2.47 bits per heavy atom. The normalized spacial score (nSPS) is 13.8. The van der Waals surface area contributed by atoms with Crippen LogP contribution in [0.4, 0.5) is 0 Å². The molecule has 0 bridgehead atoms. The number of benzene rings is 1. The van der Waals surface area contributed by atoms with Crippen LogP contribution in [0.5, 0.6) is 11.5 Å². The first-order chi connectivity index (χ1) is 9.15. The fourth-order valence-corrected chi connectivity index (χ4v) is 1.77. The Hall–Kier alpha value is -2.04. The fourth-order valence-electron chi connectivity index (χ4n) is 1.77. The van der Waals surface area contributed by atoms with Crippen molar-refractivity contribution < 1.29 is 19.1 Å². The Kier molecular flexibility index (Phi) is 4.04. The molecule has 5 nitrogen and oxygen atoms in total. The van der Waals surface area contributed by atoms with Gasteiger partial charge in [0.2, 0.25) is 5.91 Å². The van der Waals surface area contributed by atoms with Crippen LogP contribution >= 0.6 is 0 Å². The molecular weight excluding hydrogens is 246 g/mol. The summed E-state index contributed by atoms with van der Waals surface area (Å²) >= 11 is 0. The predicted molar refractivity (Wildman–Crippen MR) is 69.6 cm³/mol. The molecule has 0 atom stereocenters. The van der Waals surface area contributed by atoms with Crippen molar-refractivity contribution >= 4 is 11.7 Å². The van der Waals surface area contributed by atoms with E-state index in [2.05, 4.69) is 5.32 Å². The van der Waals surface area contributed by atoms with Gasteiger partial charge in [0, 0.05) is 11.5 Å². The molecule has 1 N–H and O–H groups in total. The van der Waals surface area contributed by atoms with Gasteiger partial charge in [0.05, 0.1) is 20.8 Å². The summed E-state index contributed by atoms with van der Waals surface area (Å²) in [4.78, 5) is 23.4. The third-order valence-electron chi connectivity index (χ3n) is 3.08. The Balaban J connectivity index is 1.99. The molecule has 5 heteroatoms. The maximum Gasteiger partial charge on any atom is 0.223 e. The van der Waals surface area contributed by atoms with E-state index in [1.54, 1.807) is 18.2 Å². The van der Waals surface area contributed by atoms with Gasteiger partial charge in [-0.05, 0) is 31.0 Å². The van der Waals surface area contributed by atoms with Crippen LogP contribution in [0.1, 0.15) is 23.2 Å². The Morgan fingerprint density at radius 2 is 1.89 bits per heavy atom. The van der Waals surface area contributed by atoms with Crippen LogP contribution in [0.15, 0.2) is 18.2 Å². The van der Waals surface area contributed by atoms with E-state index < -0.39 is 0 Å². The number of methoxy groups -OCH3 is 2. The number of carbonyl (C=O) groups is 2. The van der Waals surface area contributed by atoms with E-state index in [1.807, 2.05) is 0 Å². The summed E-state index contributed by atoms with van der Waals surface area (Å²) in [7, 11) is 3.05. The zero-order chi connectivity index (χ0) is 13.8. The van der Waals surface area contributed by atoms with Gasteiger partial charge in [-0.1, -0.05) is 0 Å². The maximum absolute atomic E-state index is 11.9. The second-order valence-corrected chi connectivity index (χ2v) is 4.49. The third-order valence-corrected chi connectivity index (χ3v) is 3.08. The second-order valence-electron chi connectivity index (χ2n) is 4.49. The van der Waals surface area contributed by atoms with E-state index in [0.29, 0.717) is 17.1 Å². The number of carbonyl (C=O) groups excluding carboxylic acids is 2. The van der Waals surface area contributed by atoms with Crippen LogP contribution < -0.4 is 14.8 Å². The Morgan fingerprint density at radius 1 is 1.21 bits per heavy atom. The Bertz CT molecular complexity index is 494. The lowest BCUT2D eigenvalue weighted by Crippen LogP contribution is -2.30. The molecule has 19 heavy (non-hydrogen) atoms. The van der Waals surface area contributed by atoms with Gasteiger partial charge in [-0.15, -0.1) is 0 Å². The standard InChI is InChI=1S/C14H17NO4/c1-18-12-6-5-10(7-13(12)19-2)11(16)8-15-14(17)9-3-4-9/h5-7,9H,3-4,8H2,1-2H3,(H,15,17). The molecule has 0 radical (unpaired) electrons. The van der Waals surface area contributed by atoms with Crippen molar-refractivity contribution in [1.82, 2.24) is 5.32 Å². The topological polar surface area (TPSA) is 64.6 Å². The van der Waals surface area contributed by atoms with Gasteiger partial charge in [-0.25, -0.2) is 0 Å². The third kappa shape index (κ3) is 3.24. The van der Waals surface area contributed by atoms with Crippen molar-refractivity contribution in [3.8, 4) is 11.5 Å². The molecule has 2 rings (SSSR count). The molecule has 0 saturated heterocycles. The first kappa shape index (κ1) is 13.4. The highest BCUT2D eigenvalue weighted by Gasteiger charge is 2.29. The van der Waals surface area contributed by atoms with E-state index in [-0.39, 0.29) is 24.2 Å². The molecule has 1 aliphatic carbocycles. The summed E-state index contributed by atoms with van der Waals surface area (Å²) in [6.07, 6.45) is 1.85. The second kappa shape index (κ2) is 5.73. The molecule has 0 unspecified atom stereocenters. The zero-order valence-electron chi connectivity index (χ0n) is 11.1. The average molecular weight is 263 g/mol. The number of hydrogen-bond donors (Lipinski definition) is 1. The molecule has 0 heterocycles. The van der Waals surface area contributed by atoms with Gasteiger partial charge < -0.3 is 14.8 Å². The van der Waals surface area contributed by atoms with E-state index in [0.717, 1.165) is 12.8 Å². The lowest BCUT2D eigenvalue weighted by Gasteiger charge is -2.09. The van der Waals surface area contributed by atoms with Crippen molar-refractivity contribution in [2.24, 2.45) is 5.92 Å². The SMILES string of the molecule is COc1ccc(C(=O)CNC(=O)C2CC2)cc1OC. The minimum Gasteiger partial charge on any atom is -0.493 e. The zero-order valence-corrected chi connectivity index (χ0v) is 11.1. The summed E-state index contributed by atoms with van der Waals surface area (Å²) in [5.74, 6) is 1.00. The van der Waals surface area contributed by atoms with Crippen LogP contribution in [0.3, 0.4) is 0 Å². The number of ketones is 1. The quantitative estimate of drug-likeness (QED) is 0.788. The summed E-state index contributed by atoms with van der Waals surface area (Å²) in [6, 6.07) is 4.95. The molecule has 1 saturated carbocycles. The minimum absolute atomic E-state index is 0.0187. The number of Topliss-reactive ketones (excluding diaryl/α,β-unsaturated/α-hetero) is 1. The van der Waals surface area contributed by atoms with E-state index in [1.165, 1.54) is 14.2 Å². The van der Waals surface area contributed by atoms with Crippen molar-refractivity contribution in [2.45, 2.75) is 12.8 Å². The van der Waals surface area contributed by atoms with Gasteiger partial charge >= 0.3 is 0 Å². The fraction of sp³-hybridized carbons (Fsp3) is 0.429. The van der Waals surface area contributed by atoms with Crippen LogP contribution in [0, 0.1) is 5.92 Å². The molecule has 1 amide bonds. The summed E-state index contributed by atoms with van der Waals surface area (Å²) in [5, 5.41) is 2.65. The summed E-state index contributed by atoms with van der Waals surface area (Å²) in [6.45, 7) is 0.0187. The minimum atomic E-state index is -0.144. The van der Waals surface area contributed by atoms with Gasteiger partial charge in [-0.3, -0.25) is 9.59 Å². The van der Waals surface area contributed by atoms with Crippen molar-refractivity contribution in [2.75, 3.05) is 20.8 Å². The van der Waals surface area contributed by atoms with Crippen LogP contribution in [0.2, 0.25) is 0 Å². The van der Waals surface area contributed by atoms with E-state index in [4.69, 9.17) is 9.47 Å². The van der Waals surface area contributed by atoms with Gasteiger partial charge in [0.15, 0.2) is 17.3 Å². The van der Waals surface area contributed by atoms with E-state index >= 15 is 0 Å². The van der Waals surface area contributed by atoms with Gasteiger partial charge in [0.25, 0.3) is 0 Å². The molecule has 0 aliphatic heterocycles. The molecule has 1 aliphatic rings. The molecule has 1 aromatic rings. The van der Waals surface area contributed by atoms with Gasteiger partial charge in [-0.2, -0.15) is 0 Å². The largest absolute Gasteiger partial charge is 0.493 e. The first-order valence-corrected chi connectivity index (χ1v) is 6.18. The highest BCUT2D eigenvalue weighted by atomic mass is 16.5. The number of amides is 1. The number of nitrogens with one attached hydrogen (secondary N) is 1. The molecule has 0 spiro atoms. The average Bonchev–Trinajstić information content (AvgIpc) is 3.28. The maximum atomic E-state index is 11.9. The van der Waals surface area contributed by atoms with Crippen molar-refractivity contribution in [1.29, 1.82) is 0 Å². The van der Waals surface area contributed by atoms with Crippen LogP contribution in [0.25, 0.3) is 0 Å². The lowest BCUT2D eigenvalue weighted by atomic mass is 10.1. The number of ether oxygens (including phenoxy) is 2. The highest BCUT2D eigenvalue weighted by molar-refractivity contribution is 6.00. The lowest BCUT2D eigenvalue weighted by molar-refractivity contribution is -0.122. The smallest absolute Gasteiger partial charge is 0.223 e. The molecular formula is C14H17NO4. The molecule has 1 fully saturated rings. The summed E-state index contributed by atoms with van der Waals surface area (Å²) < 4.78 is 10.2. The molecule has 102 valence electrons. The van der Waals surface area contributed by atoms with Crippen LogP contribution in [-0.2, 0) is 4.79 Å². The highest BCUT2D eigenvalue weighted by Crippen LogP contribution is 2.29. The predicted octanol–water partition coefficient (Wildman–Crippen LogP) is 1.41. The first-order valence-electron chi connectivity index (χ1n) is 6.18.